The van der Waals surface area contributed by atoms with Gasteiger partial charge in [-0.15, -0.1) is 11.3 Å². The highest BCUT2D eigenvalue weighted by atomic mass is 32.1. The lowest BCUT2D eigenvalue weighted by Gasteiger charge is -2.22. The van der Waals surface area contributed by atoms with Crippen LogP contribution in [-0.4, -0.2) is 23.2 Å². The van der Waals surface area contributed by atoms with Crippen molar-refractivity contribution < 1.29 is 4.74 Å². The average Bonchev–Trinajstić information content (AvgIpc) is 2.85. The van der Waals surface area contributed by atoms with Crippen LogP contribution < -0.4 is 11.3 Å². The van der Waals surface area contributed by atoms with Crippen molar-refractivity contribution in [3.8, 4) is 0 Å². The summed E-state index contributed by atoms with van der Waals surface area (Å²) in [5.74, 6) is 5.57. The van der Waals surface area contributed by atoms with Crippen LogP contribution in [-0.2, 0) is 11.2 Å². The zero-order valence-electron chi connectivity index (χ0n) is 8.85. The molecule has 0 bridgehead atoms. The number of nitrogens with zero attached hydrogens (tertiary/aromatic N) is 1. The van der Waals surface area contributed by atoms with Crippen molar-refractivity contribution in [3.63, 3.8) is 0 Å². The number of ether oxygens (including phenoxy) is 1. The largest absolute Gasteiger partial charge is 0.374 e. The van der Waals surface area contributed by atoms with Gasteiger partial charge >= 0.3 is 0 Å². The average molecular weight is 227 g/mol. The first-order valence-electron chi connectivity index (χ1n) is 5.28. The molecule has 0 saturated carbocycles. The van der Waals surface area contributed by atoms with Gasteiger partial charge in [-0.2, -0.15) is 0 Å². The van der Waals surface area contributed by atoms with Crippen LogP contribution in [0.1, 0.15) is 24.6 Å². The summed E-state index contributed by atoms with van der Waals surface area (Å²) in [4.78, 5) is 5.31. The molecule has 15 heavy (non-hydrogen) atoms. The number of rotatable bonds is 4. The first-order valence-corrected chi connectivity index (χ1v) is 6.16. The summed E-state index contributed by atoms with van der Waals surface area (Å²) in [6.45, 7) is 2.11. The minimum absolute atomic E-state index is 0.204. The Morgan fingerprint density at radius 3 is 3.13 bits per heavy atom. The maximum Gasteiger partial charge on any atom is 0.0794 e. The van der Waals surface area contributed by atoms with E-state index < -0.39 is 0 Å². The summed E-state index contributed by atoms with van der Waals surface area (Å²) in [5.41, 5.74) is 4.70. The number of thiazole rings is 1. The van der Waals surface area contributed by atoms with Crippen molar-refractivity contribution in [2.45, 2.75) is 44.4 Å². The minimum Gasteiger partial charge on any atom is -0.374 e. The topological polar surface area (TPSA) is 60.2 Å². The molecule has 0 radical (unpaired) electrons. The third kappa shape index (κ3) is 2.75. The van der Waals surface area contributed by atoms with E-state index in [0.717, 1.165) is 19.3 Å². The van der Waals surface area contributed by atoms with Gasteiger partial charge in [0.1, 0.15) is 0 Å². The molecule has 4 nitrogen and oxygen atoms in total. The van der Waals surface area contributed by atoms with E-state index >= 15 is 0 Å². The first kappa shape index (κ1) is 11.0. The Morgan fingerprint density at radius 1 is 1.73 bits per heavy atom. The standard InChI is InChI=1S/C10H17N3OS/c1-7-2-3-10(14-7)9(13-11)4-8-5-12-6-15-8/h5-7,9-10,13H,2-4,11H2,1H3. The molecule has 1 aromatic heterocycles. The quantitative estimate of drug-likeness (QED) is 0.597. The van der Waals surface area contributed by atoms with Crippen LogP contribution in [0.15, 0.2) is 11.7 Å². The van der Waals surface area contributed by atoms with Gasteiger partial charge in [-0.25, -0.2) is 0 Å². The SMILES string of the molecule is CC1CCC(C(Cc2cncs2)NN)O1. The molecule has 84 valence electrons. The molecule has 1 aliphatic heterocycles. The van der Waals surface area contributed by atoms with E-state index in [1.165, 1.54) is 4.88 Å². The fourth-order valence-electron chi connectivity index (χ4n) is 1.99. The second-order valence-corrected chi connectivity index (χ2v) is 4.98. The normalized spacial score (nSPS) is 28.1. The van der Waals surface area contributed by atoms with Gasteiger partial charge in [0.15, 0.2) is 0 Å². The Kier molecular flexibility index (Phi) is 3.69. The highest BCUT2D eigenvalue weighted by molar-refractivity contribution is 7.09. The Morgan fingerprint density at radius 2 is 2.60 bits per heavy atom. The third-order valence-electron chi connectivity index (χ3n) is 2.83. The summed E-state index contributed by atoms with van der Waals surface area (Å²) in [6.07, 6.45) is 5.63. The number of nitrogens with two attached hydrogens (primary N) is 1. The molecule has 1 aliphatic rings. The van der Waals surface area contributed by atoms with Crippen molar-refractivity contribution in [1.29, 1.82) is 0 Å². The smallest absolute Gasteiger partial charge is 0.0794 e. The highest BCUT2D eigenvalue weighted by Gasteiger charge is 2.29. The van der Waals surface area contributed by atoms with Crippen LogP contribution in [0.3, 0.4) is 0 Å². The van der Waals surface area contributed by atoms with E-state index in [0.29, 0.717) is 6.10 Å². The van der Waals surface area contributed by atoms with Crippen LogP contribution >= 0.6 is 11.3 Å². The molecule has 0 spiro atoms. The third-order valence-corrected chi connectivity index (χ3v) is 3.63. The number of hydrogen-bond donors (Lipinski definition) is 2. The van der Waals surface area contributed by atoms with Crippen LogP contribution in [0.4, 0.5) is 0 Å². The van der Waals surface area contributed by atoms with Gasteiger partial charge in [-0.3, -0.25) is 16.3 Å². The van der Waals surface area contributed by atoms with Crippen molar-refractivity contribution in [2.24, 2.45) is 5.84 Å². The summed E-state index contributed by atoms with van der Waals surface area (Å²) in [6, 6.07) is 0.204. The number of hydrazine groups is 1. The fourth-order valence-corrected chi connectivity index (χ4v) is 2.64. The molecule has 2 rings (SSSR count). The van der Waals surface area contributed by atoms with Gasteiger partial charge in [0, 0.05) is 17.5 Å². The first-order chi connectivity index (χ1) is 7.29. The minimum atomic E-state index is 0.204. The second-order valence-electron chi connectivity index (χ2n) is 4.01. The molecule has 2 heterocycles. The lowest BCUT2D eigenvalue weighted by Crippen LogP contribution is -2.45. The van der Waals surface area contributed by atoms with Crippen LogP contribution in [0.5, 0.6) is 0 Å². The summed E-state index contributed by atoms with van der Waals surface area (Å²) < 4.78 is 5.80. The van der Waals surface area contributed by atoms with E-state index in [9.17, 15) is 0 Å². The van der Waals surface area contributed by atoms with Gasteiger partial charge in [0.05, 0.1) is 23.8 Å². The lowest BCUT2D eigenvalue weighted by atomic mass is 10.0. The Balaban J connectivity index is 1.92. The van der Waals surface area contributed by atoms with Crippen LogP contribution in [0.25, 0.3) is 0 Å². The molecule has 1 saturated heterocycles. The van der Waals surface area contributed by atoms with Crippen molar-refractivity contribution in [1.82, 2.24) is 10.4 Å². The summed E-state index contributed by atoms with van der Waals surface area (Å²) in [7, 11) is 0. The Hall–Kier alpha value is -0.490. The summed E-state index contributed by atoms with van der Waals surface area (Å²) >= 11 is 1.66. The molecule has 3 unspecified atom stereocenters. The summed E-state index contributed by atoms with van der Waals surface area (Å²) in [5, 5.41) is 0. The van der Waals surface area contributed by atoms with Gasteiger partial charge < -0.3 is 4.74 Å². The van der Waals surface area contributed by atoms with E-state index in [1.54, 1.807) is 11.3 Å². The number of aromatic nitrogens is 1. The molecule has 5 heteroatoms. The number of hydrogen-bond acceptors (Lipinski definition) is 5. The van der Waals surface area contributed by atoms with Gasteiger partial charge in [0.2, 0.25) is 0 Å². The van der Waals surface area contributed by atoms with Crippen molar-refractivity contribution >= 4 is 11.3 Å². The fraction of sp³-hybridized carbons (Fsp3) is 0.700. The van der Waals surface area contributed by atoms with Crippen molar-refractivity contribution in [2.75, 3.05) is 0 Å². The molecular formula is C10H17N3OS. The maximum atomic E-state index is 5.80. The van der Waals surface area contributed by atoms with E-state index in [-0.39, 0.29) is 12.1 Å². The zero-order valence-corrected chi connectivity index (χ0v) is 9.67. The molecule has 3 N–H and O–H groups in total. The number of nitrogens with one attached hydrogen (secondary N) is 1. The van der Waals surface area contributed by atoms with Gasteiger partial charge in [0.25, 0.3) is 0 Å². The maximum absolute atomic E-state index is 5.80. The lowest BCUT2D eigenvalue weighted by molar-refractivity contribution is 0.0322. The Labute approximate surface area is 93.8 Å². The van der Waals surface area contributed by atoms with E-state index in [1.807, 2.05) is 11.7 Å². The van der Waals surface area contributed by atoms with Gasteiger partial charge in [-0.05, 0) is 19.8 Å². The van der Waals surface area contributed by atoms with E-state index in [2.05, 4.69) is 17.3 Å². The predicted octanol–water partition coefficient (Wildman–Crippen LogP) is 1.08. The molecule has 1 fully saturated rings. The molecule has 0 amide bonds. The molecule has 0 aromatic carbocycles. The molecule has 3 atom stereocenters. The van der Waals surface area contributed by atoms with E-state index in [4.69, 9.17) is 10.6 Å². The zero-order chi connectivity index (χ0) is 10.7. The van der Waals surface area contributed by atoms with Crippen molar-refractivity contribution in [3.05, 3.63) is 16.6 Å². The molecular weight excluding hydrogens is 210 g/mol. The predicted molar refractivity (Wildman–Crippen MR) is 60.5 cm³/mol. The molecule has 1 aromatic rings. The monoisotopic (exact) mass is 227 g/mol. The second kappa shape index (κ2) is 5.03. The molecule has 0 aliphatic carbocycles. The highest BCUT2D eigenvalue weighted by Crippen LogP contribution is 2.23. The van der Waals surface area contributed by atoms with Gasteiger partial charge in [-0.1, -0.05) is 0 Å². The van der Waals surface area contributed by atoms with Crippen LogP contribution in [0.2, 0.25) is 0 Å². The Bertz CT molecular complexity index is 291. The van der Waals surface area contributed by atoms with Crippen LogP contribution in [0, 0.1) is 0 Å².